The molecule has 3 saturated carbocycles. The van der Waals surface area contributed by atoms with Crippen molar-refractivity contribution in [1.29, 1.82) is 0 Å². The summed E-state index contributed by atoms with van der Waals surface area (Å²) in [4.78, 5) is 12.5. The van der Waals surface area contributed by atoms with Crippen molar-refractivity contribution in [3.8, 4) is 0 Å². The Balaban J connectivity index is 1.11. The van der Waals surface area contributed by atoms with Crippen LogP contribution in [-0.4, -0.2) is 31.3 Å². The molecule has 4 nitrogen and oxygen atoms in total. The van der Waals surface area contributed by atoms with Crippen LogP contribution in [0, 0.1) is 46.3 Å². The van der Waals surface area contributed by atoms with Crippen molar-refractivity contribution in [2.24, 2.45) is 52.1 Å². The van der Waals surface area contributed by atoms with Crippen LogP contribution >= 0.6 is 0 Å². The van der Waals surface area contributed by atoms with Crippen LogP contribution in [0.5, 0.6) is 0 Å². The summed E-state index contributed by atoms with van der Waals surface area (Å²) in [6.07, 6.45) is 38.8. The molecule has 9 atom stereocenters. The van der Waals surface area contributed by atoms with Crippen molar-refractivity contribution in [1.82, 2.24) is 0 Å². The highest BCUT2D eigenvalue weighted by Gasteiger charge is 2.59. The van der Waals surface area contributed by atoms with E-state index in [0.717, 1.165) is 61.2 Å². The Morgan fingerprint density at radius 2 is 1.54 bits per heavy atom. The monoisotopic (exact) mass is 724 g/mol. The lowest BCUT2D eigenvalue weighted by molar-refractivity contribution is -0.150. The van der Waals surface area contributed by atoms with E-state index in [0.29, 0.717) is 23.8 Å². The summed E-state index contributed by atoms with van der Waals surface area (Å²) in [5, 5.41) is 0. The number of esters is 1. The lowest BCUT2D eigenvalue weighted by Gasteiger charge is -2.58. The van der Waals surface area contributed by atoms with Gasteiger partial charge in [-0.2, -0.15) is 0 Å². The maximum absolute atomic E-state index is 12.5. The number of carbonyl (C=O) groups is 1. The van der Waals surface area contributed by atoms with Crippen LogP contribution in [0.15, 0.2) is 23.8 Å². The maximum atomic E-state index is 12.5. The van der Waals surface area contributed by atoms with Crippen LogP contribution in [-0.2, 0) is 14.3 Å². The standard InChI is InChI=1S/C48H85NO3/c1-7-8-9-10-11-12-13-14-15-16-17-18-19-20-21-25-46(50)51-36-41(35-49)52-40-30-32-47(5)39(34-40)26-27-42-44-29-28-43(38(4)24-22-23-37(2)3)48(44,6)33-31-45(42)47/h14-15,26,37-38,40-45H,7-13,16-25,27-36,49H2,1-6H3/b15-14-/t38-,40+,41?,42+,43-,44+,45+,47+,48-/m1/s1. The van der Waals surface area contributed by atoms with Crippen molar-refractivity contribution >= 4 is 5.97 Å². The topological polar surface area (TPSA) is 61.5 Å². The highest BCUT2D eigenvalue weighted by Crippen LogP contribution is 2.67. The van der Waals surface area contributed by atoms with Crippen LogP contribution in [0.4, 0.5) is 0 Å². The van der Waals surface area contributed by atoms with E-state index in [2.05, 4.69) is 59.8 Å². The van der Waals surface area contributed by atoms with Crippen LogP contribution in [0.1, 0.15) is 202 Å². The number of hydrogen-bond acceptors (Lipinski definition) is 4. The first-order valence-electron chi connectivity index (χ1n) is 23.0. The van der Waals surface area contributed by atoms with Crippen LogP contribution in [0.3, 0.4) is 0 Å². The molecular weight excluding hydrogens is 639 g/mol. The van der Waals surface area contributed by atoms with Gasteiger partial charge in [0.25, 0.3) is 0 Å². The average Bonchev–Trinajstić information content (AvgIpc) is 3.49. The molecule has 0 aromatic heterocycles. The molecule has 0 radical (unpaired) electrons. The van der Waals surface area contributed by atoms with E-state index in [4.69, 9.17) is 15.2 Å². The molecule has 0 heterocycles. The predicted molar refractivity (Wildman–Crippen MR) is 221 cm³/mol. The number of allylic oxidation sites excluding steroid dienone is 3. The van der Waals surface area contributed by atoms with Gasteiger partial charge in [0.2, 0.25) is 0 Å². The molecule has 4 rings (SSSR count). The van der Waals surface area contributed by atoms with E-state index in [9.17, 15) is 4.79 Å². The van der Waals surface area contributed by atoms with Crippen molar-refractivity contribution in [2.45, 2.75) is 214 Å². The van der Waals surface area contributed by atoms with Gasteiger partial charge in [0.1, 0.15) is 12.7 Å². The Labute approximate surface area is 322 Å². The summed E-state index contributed by atoms with van der Waals surface area (Å²) in [5.74, 6) is 5.09. The molecule has 0 spiro atoms. The summed E-state index contributed by atoms with van der Waals surface area (Å²) in [5.41, 5.74) is 8.67. The zero-order valence-electron chi connectivity index (χ0n) is 35.2. The first kappa shape index (κ1) is 43.6. The molecule has 0 amide bonds. The number of nitrogens with two attached hydrogens (primary N) is 1. The Hall–Kier alpha value is -1.13. The zero-order chi connectivity index (χ0) is 37.4. The normalized spacial score (nSPS) is 31.2. The molecule has 300 valence electrons. The minimum Gasteiger partial charge on any atom is -0.463 e. The van der Waals surface area contributed by atoms with Crippen molar-refractivity contribution in [2.75, 3.05) is 13.2 Å². The highest BCUT2D eigenvalue weighted by atomic mass is 16.6. The van der Waals surface area contributed by atoms with E-state index in [1.54, 1.807) is 5.57 Å². The molecule has 0 aliphatic heterocycles. The van der Waals surface area contributed by atoms with Gasteiger partial charge in [-0.1, -0.05) is 136 Å². The number of carbonyl (C=O) groups excluding carboxylic acids is 1. The van der Waals surface area contributed by atoms with Crippen molar-refractivity contribution in [3.63, 3.8) is 0 Å². The third-order valence-electron chi connectivity index (χ3n) is 15.0. The summed E-state index contributed by atoms with van der Waals surface area (Å²) in [6.45, 7) is 15.6. The number of fused-ring (bicyclic) bond motifs is 5. The first-order chi connectivity index (χ1) is 25.1. The van der Waals surface area contributed by atoms with E-state index in [1.165, 1.54) is 128 Å². The van der Waals surface area contributed by atoms with Gasteiger partial charge in [-0.25, -0.2) is 0 Å². The second-order valence-corrected chi connectivity index (χ2v) is 19.2. The molecule has 52 heavy (non-hydrogen) atoms. The fraction of sp³-hybridized carbons (Fsp3) is 0.896. The molecular formula is C48H85NO3. The highest BCUT2D eigenvalue weighted by molar-refractivity contribution is 5.69. The van der Waals surface area contributed by atoms with Crippen molar-refractivity contribution < 1.29 is 14.3 Å². The molecule has 0 aromatic rings. The third-order valence-corrected chi connectivity index (χ3v) is 15.0. The van der Waals surface area contributed by atoms with Gasteiger partial charge >= 0.3 is 5.97 Å². The third kappa shape index (κ3) is 12.4. The molecule has 0 aromatic carbocycles. The fourth-order valence-electron chi connectivity index (χ4n) is 11.8. The van der Waals surface area contributed by atoms with E-state index in [1.807, 2.05) is 0 Å². The van der Waals surface area contributed by atoms with Crippen LogP contribution < -0.4 is 5.73 Å². The smallest absolute Gasteiger partial charge is 0.305 e. The Bertz CT molecular complexity index is 1080. The summed E-state index contributed by atoms with van der Waals surface area (Å²) in [6, 6.07) is 0. The predicted octanol–water partition coefficient (Wildman–Crippen LogP) is 13.3. The zero-order valence-corrected chi connectivity index (χ0v) is 35.2. The molecule has 4 aliphatic carbocycles. The van der Waals surface area contributed by atoms with E-state index in [-0.39, 0.29) is 24.8 Å². The molecule has 4 aliphatic rings. The minimum atomic E-state index is -0.210. The van der Waals surface area contributed by atoms with Gasteiger partial charge in [-0.05, 0) is 130 Å². The van der Waals surface area contributed by atoms with Gasteiger partial charge in [0, 0.05) is 13.0 Å². The number of unbranched alkanes of at least 4 members (excludes halogenated alkanes) is 11. The molecule has 4 heteroatoms. The second-order valence-electron chi connectivity index (χ2n) is 19.2. The van der Waals surface area contributed by atoms with Crippen molar-refractivity contribution in [3.05, 3.63) is 23.8 Å². The first-order valence-corrected chi connectivity index (χ1v) is 23.0. The lowest BCUT2D eigenvalue weighted by Crippen LogP contribution is -2.51. The quantitative estimate of drug-likeness (QED) is 0.0579. The molecule has 3 fully saturated rings. The Morgan fingerprint density at radius 3 is 2.23 bits per heavy atom. The second kappa shape index (κ2) is 22.4. The molecule has 0 saturated heterocycles. The number of hydrogen-bond donors (Lipinski definition) is 1. The van der Waals surface area contributed by atoms with Gasteiger partial charge in [0.15, 0.2) is 0 Å². The van der Waals surface area contributed by atoms with Gasteiger partial charge in [-0.3, -0.25) is 4.79 Å². The number of rotatable bonds is 25. The van der Waals surface area contributed by atoms with Crippen LogP contribution in [0.25, 0.3) is 0 Å². The lowest BCUT2D eigenvalue weighted by atomic mass is 9.47. The number of ether oxygens (including phenoxy) is 2. The molecule has 2 N–H and O–H groups in total. The van der Waals surface area contributed by atoms with Crippen LogP contribution in [0.2, 0.25) is 0 Å². The summed E-state index contributed by atoms with van der Waals surface area (Å²) >= 11 is 0. The Kier molecular flexibility index (Phi) is 18.8. The van der Waals surface area contributed by atoms with Gasteiger partial charge in [-0.15, -0.1) is 0 Å². The van der Waals surface area contributed by atoms with E-state index < -0.39 is 0 Å². The average molecular weight is 724 g/mol. The summed E-state index contributed by atoms with van der Waals surface area (Å²) < 4.78 is 12.3. The fourth-order valence-corrected chi connectivity index (χ4v) is 11.8. The molecule has 1 unspecified atom stereocenters. The SMILES string of the molecule is CCCCCCCC/C=C\CCCCCCCC(=O)OCC(CN)O[C@H]1CC[C@@]2(C)C(=CC[C@H]3[C@@H]4CC[C@H]([C@H](C)CCCC(C)C)[C@@]4(C)CC[C@@H]32)C1. The summed E-state index contributed by atoms with van der Waals surface area (Å²) in [7, 11) is 0. The van der Waals surface area contributed by atoms with Gasteiger partial charge in [0.05, 0.1) is 6.10 Å². The largest absolute Gasteiger partial charge is 0.463 e. The maximum Gasteiger partial charge on any atom is 0.305 e. The van der Waals surface area contributed by atoms with Gasteiger partial charge < -0.3 is 15.2 Å². The van der Waals surface area contributed by atoms with E-state index >= 15 is 0 Å². The Morgan fingerprint density at radius 1 is 0.846 bits per heavy atom. The molecule has 0 bridgehead atoms. The minimum absolute atomic E-state index is 0.0969.